The number of aliphatic hydroxyl groups is 1. The van der Waals surface area contributed by atoms with Gasteiger partial charge in [-0.05, 0) is 24.3 Å². The molecule has 0 aliphatic rings. The van der Waals surface area contributed by atoms with Crippen LogP contribution in [0.2, 0.25) is 0 Å². The van der Waals surface area contributed by atoms with E-state index in [1.54, 1.807) is 0 Å². The van der Waals surface area contributed by atoms with Gasteiger partial charge in [-0.2, -0.15) is 0 Å². The van der Waals surface area contributed by atoms with Gasteiger partial charge >= 0.3 is 29.6 Å². The van der Waals surface area contributed by atoms with E-state index in [4.69, 9.17) is 12.6 Å². The quantitative estimate of drug-likeness (QED) is 0.570. The van der Waals surface area contributed by atoms with Gasteiger partial charge in [0.05, 0.1) is 0 Å². The maximum atomic E-state index is 9.80. The minimum Gasteiger partial charge on any atom is -0.790 e. The Kier molecular flexibility index (Phi) is 7.31. The summed E-state index contributed by atoms with van der Waals surface area (Å²) in [7, 11) is 0. The number of aryl methyl sites for hydroxylation is 1. The molecule has 1 nitrogen and oxygen atoms in total. The van der Waals surface area contributed by atoms with Crippen molar-refractivity contribution in [3.8, 4) is 0 Å². The predicted octanol–water partition coefficient (Wildman–Crippen LogP) is -0.524. The van der Waals surface area contributed by atoms with Gasteiger partial charge in [-0.3, -0.25) is 0 Å². The van der Waals surface area contributed by atoms with Crippen molar-refractivity contribution in [2.24, 2.45) is 5.41 Å². The van der Waals surface area contributed by atoms with E-state index in [0.29, 0.717) is 5.75 Å². The van der Waals surface area contributed by atoms with Crippen molar-refractivity contribution in [3.63, 3.8) is 0 Å². The van der Waals surface area contributed by atoms with E-state index in [1.165, 1.54) is 11.1 Å². The molecule has 0 aromatic heterocycles. The first-order valence-corrected chi connectivity index (χ1v) is 5.85. The molecule has 0 saturated heterocycles. The van der Waals surface area contributed by atoms with Gasteiger partial charge in [0.2, 0.25) is 0 Å². The molecule has 0 aliphatic heterocycles. The summed E-state index contributed by atoms with van der Waals surface area (Å²) in [5, 5.41) is 9.80. The van der Waals surface area contributed by atoms with Crippen LogP contribution in [0.25, 0.3) is 0 Å². The molecule has 0 spiro atoms. The van der Waals surface area contributed by atoms with E-state index >= 15 is 0 Å². The van der Waals surface area contributed by atoms with Crippen molar-refractivity contribution in [2.45, 2.75) is 33.3 Å². The summed E-state index contributed by atoms with van der Waals surface area (Å²) in [4.78, 5) is 0. The van der Waals surface area contributed by atoms with Gasteiger partial charge in [0, 0.05) is 6.10 Å². The molecule has 16 heavy (non-hydrogen) atoms. The Labute approximate surface area is 126 Å². The number of aliphatic hydroxyl groups excluding tert-OH is 1. The zero-order chi connectivity index (χ0) is 11.5. The average molecular weight is 246 g/mol. The molecule has 1 N–H and O–H groups in total. The van der Waals surface area contributed by atoms with Gasteiger partial charge in [-0.25, -0.2) is 0 Å². The fourth-order valence-corrected chi connectivity index (χ4v) is 2.03. The zero-order valence-corrected chi connectivity index (χ0v) is 13.5. The van der Waals surface area contributed by atoms with E-state index in [1.807, 2.05) is 0 Å². The monoisotopic (exact) mass is 246 g/mol. The largest absolute Gasteiger partial charge is 1.00 e. The standard InChI is InChI=1S/C13H20OS.Na/c1-10-4-6-11(7-5-10)8-13(2,3)12(14)9-15;/h4-7,12,14-15H,8-9H2,1-3H3;/q;+1/p-1. The van der Waals surface area contributed by atoms with E-state index in [2.05, 4.69) is 45.0 Å². The van der Waals surface area contributed by atoms with Crippen molar-refractivity contribution in [1.82, 2.24) is 0 Å². The minimum absolute atomic E-state index is 0. The van der Waals surface area contributed by atoms with Gasteiger partial charge < -0.3 is 17.7 Å². The zero-order valence-electron chi connectivity index (χ0n) is 10.7. The molecule has 3 heteroatoms. The van der Waals surface area contributed by atoms with Gasteiger partial charge in [-0.15, -0.1) is 5.75 Å². The summed E-state index contributed by atoms with van der Waals surface area (Å²) in [5.41, 5.74) is 2.38. The summed E-state index contributed by atoms with van der Waals surface area (Å²) >= 11 is 4.91. The maximum absolute atomic E-state index is 9.80. The van der Waals surface area contributed by atoms with E-state index in [-0.39, 0.29) is 35.0 Å². The van der Waals surface area contributed by atoms with Crippen LogP contribution in [0.3, 0.4) is 0 Å². The Morgan fingerprint density at radius 1 is 1.25 bits per heavy atom. The van der Waals surface area contributed by atoms with Gasteiger partial charge in [0.15, 0.2) is 0 Å². The fourth-order valence-electron chi connectivity index (χ4n) is 1.58. The summed E-state index contributed by atoms with van der Waals surface area (Å²) in [5.74, 6) is 0.402. The second kappa shape index (κ2) is 7.07. The topological polar surface area (TPSA) is 20.2 Å². The van der Waals surface area contributed by atoms with E-state index in [0.717, 1.165) is 6.42 Å². The van der Waals surface area contributed by atoms with Crippen LogP contribution in [0.4, 0.5) is 0 Å². The number of rotatable bonds is 4. The molecule has 84 valence electrons. The van der Waals surface area contributed by atoms with Crippen molar-refractivity contribution < 1.29 is 34.7 Å². The first-order chi connectivity index (χ1) is 6.95. The van der Waals surface area contributed by atoms with Crippen molar-refractivity contribution in [1.29, 1.82) is 0 Å². The van der Waals surface area contributed by atoms with Crippen LogP contribution in [0, 0.1) is 12.3 Å². The van der Waals surface area contributed by atoms with Crippen LogP contribution in [0.1, 0.15) is 25.0 Å². The number of benzene rings is 1. The van der Waals surface area contributed by atoms with Gasteiger partial charge in [0.1, 0.15) is 0 Å². The normalized spacial score (nSPS) is 13.1. The molecular weight excluding hydrogens is 227 g/mol. The van der Waals surface area contributed by atoms with E-state index < -0.39 is 6.10 Å². The molecule has 0 bridgehead atoms. The van der Waals surface area contributed by atoms with Crippen LogP contribution in [-0.4, -0.2) is 17.0 Å². The third kappa shape index (κ3) is 4.80. The molecule has 0 saturated carbocycles. The molecule has 1 aromatic carbocycles. The van der Waals surface area contributed by atoms with E-state index in [9.17, 15) is 5.11 Å². The Bertz CT molecular complexity index is 308. The Hall–Kier alpha value is 0.530. The molecule has 0 heterocycles. The molecule has 0 fully saturated rings. The molecule has 0 aliphatic carbocycles. The second-order valence-electron chi connectivity index (χ2n) is 4.83. The summed E-state index contributed by atoms with van der Waals surface area (Å²) in [6.07, 6.45) is 0.458. The van der Waals surface area contributed by atoms with Gasteiger partial charge in [-0.1, -0.05) is 43.7 Å². The smallest absolute Gasteiger partial charge is 0.790 e. The third-order valence-electron chi connectivity index (χ3n) is 2.84. The summed E-state index contributed by atoms with van der Waals surface area (Å²) < 4.78 is 0. The molecule has 0 radical (unpaired) electrons. The summed E-state index contributed by atoms with van der Waals surface area (Å²) in [6, 6.07) is 8.44. The summed E-state index contributed by atoms with van der Waals surface area (Å²) in [6.45, 7) is 6.20. The molecule has 1 rings (SSSR count). The van der Waals surface area contributed by atoms with Crippen molar-refractivity contribution >= 4 is 12.6 Å². The maximum Gasteiger partial charge on any atom is 1.00 e. The number of hydrogen-bond donors (Lipinski definition) is 1. The average Bonchev–Trinajstić information content (AvgIpc) is 2.20. The molecule has 1 atom stereocenters. The Balaban J connectivity index is 0.00000225. The minimum atomic E-state index is -0.409. The number of hydrogen-bond acceptors (Lipinski definition) is 2. The van der Waals surface area contributed by atoms with Crippen molar-refractivity contribution in [2.75, 3.05) is 5.75 Å². The third-order valence-corrected chi connectivity index (χ3v) is 3.16. The molecule has 1 unspecified atom stereocenters. The van der Waals surface area contributed by atoms with Crippen molar-refractivity contribution in [3.05, 3.63) is 35.4 Å². The first kappa shape index (κ1) is 16.5. The Morgan fingerprint density at radius 2 is 1.75 bits per heavy atom. The SMILES string of the molecule is Cc1ccc(CC(C)(C)C(O)C[S-])cc1.[Na+]. The molecule has 1 aromatic rings. The fraction of sp³-hybridized carbons (Fsp3) is 0.538. The second-order valence-corrected chi connectivity index (χ2v) is 5.17. The predicted molar refractivity (Wildman–Crippen MR) is 66.9 cm³/mol. The molecule has 0 amide bonds. The Morgan fingerprint density at radius 3 is 2.19 bits per heavy atom. The van der Waals surface area contributed by atoms with Crippen LogP contribution in [0.5, 0.6) is 0 Å². The van der Waals surface area contributed by atoms with Crippen LogP contribution in [-0.2, 0) is 19.0 Å². The molecular formula is C13H19NaOS. The van der Waals surface area contributed by atoms with Crippen LogP contribution >= 0.6 is 0 Å². The van der Waals surface area contributed by atoms with Crippen LogP contribution in [0.15, 0.2) is 24.3 Å². The van der Waals surface area contributed by atoms with Crippen LogP contribution < -0.4 is 29.6 Å². The van der Waals surface area contributed by atoms with Gasteiger partial charge in [0.25, 0.3) is 0 Å². The first-order valence-electron chi connectivity index (χ1n) is 5.27.